The topological polar surface area (TPSA) is 105 Å². The molecule has 0 bridgehead atoms. The van der Waals surface area contributed by atoms with E-state index in [4.69, 9.17) is 4.74 Å². The van der Waals surface area contributed by atoms with Gasteiger partial charge in [0.1, 0.15) is 5.54 Å². The molecule has 8 nitrogen and oxygen atoms in total. The van der Waals surface area contributed by atoms with Gasteiger partial charge < -0.3 is 15.4 Å². The van der Waals surface area contributed by atoms with E-state index >= 15 is 0 Å². The number of nitrogens with one attached hydrogen (secondary N) is 2. The maximum absolute atomic E-state index is 12.6. The van der Waals surface area contributed by atoms with Gasteiger partial charge in [-0.3, -0.25) is 19.3 Å². The van der Waals surface area contributed by atoms with Crippen molar-refractivity contribution in [1.29, 1.82) is 0 Å². The van der Waals surface area contributed by atoms with Crippen LogP contribution >= 0.6 is 0 Å². The molecular weight excluding hydrogens is 362 g/mol. The number of unbranched alkanes of at least 4 members (excludes halogenated alkanes) is 2. The molecule has 150 valence electrons. The smallest absolute Gasteiger partial charge is 0.325 e. The number of Topliss-reactive ketones (excluding diaryl/α,β-unsaturated/α-hetero) is 1. The van der Waals surface area contributed by atoms with Gasteiger partial charge in [-0.1, -0.05) is 19.8 Å². The van der Waals surface area contributed by atoms with Crippen molar-refractivity contribution < 1.29 is 23.9 Å². The molecule has 2 N–H and O–H groups in total. The Morgan fingerprint density at radius 1 is 1.21 bits per heavy atom. The van der Waals surface area contributed by atoms with Crippen LogP contribution in [0.25, 0.3) is 0 Å². The van der Waals surface area contributed by atoms with Gasteiger partial charge in [0.2, 0.25) is 5.91 Å². The Hall–Kier alpha value is -2.74. The molecule has 1 atom stereocenters. The second kappa shape index (κ2) is 8.52. The van der Waals surface area contributed by atoms with Gasteiger partial charge in [-0.05, 0) is 30.7 Å². The summed E-state index contributed by atoms with van der Waals surface area (Å²) in [5, 5.41) is 5.44. The minimum atomic E-state index is -1.02. The molecule has 2 aliphatic rings. The molecule has 2 aliphatic heterocycles. The van der Waals surface area contributed by atoms with Crippen molar-refractivity contribution >= 4 is 29.3 Å². The Balaban J connectivity index is 1.57. The maximum atomic E-state index is 12.6. The van der Waals surface area contributed by atoms with Crippen molar-refractivity contribution in [3.63, 3.8) is 0 Å². The fraction of sp³-hybridized carbons (Fsp3) is 0.500. The summed E-state index contributed by atoms with van der Waals surface area (Å²) in [6.07, 6.45) is 3.78. The number of urea groups is 1. The van der Waals surface area contributed by atoms with Crippen molar-refractivity contribution in [3.8, 4) is 0 Å². The number of ketones is 1. The zero-order valence-electron chi connectivity index (χ0n) is 16.0. The van der Waals surface area contributed by atoms with Gasteiger partial charge in [0.15, 0.2) is 5.78 Å². The van der Waals surface area contributed by atoms with Crippen LogP contribution < -0.4 is 10.6 Å². The summed E-state index contributed by atoms with van der Waals surface area (Å²) in [7, 11) is 0. The van der Waals surface area contributed by atoms with Crippen LogP contribution in [0.2, 0.25) is 0 Å². The molecule has 0 unspecified atom stereocenters. The predicted molar refractivity (Wildman–Crippen MR) is 102 cm³/mol. The molecule has 2 heterocycles. The number of imide groups is 1. The van der Waals surface area contributed by atoms with Crippen LogP contribution in [-0.2, 0) is 14.3 Å². The van der Waals surface area contributed by atoms with E-state index in [9.17, 15) is 19.2 Å². The van der Waals surface area contributed by atoms with Crippen molar-refractivity contribution in [1.82, 2.24) is 10.2 Å². The number of nitrogens with zero attached hydrogens (tertiary/aromatic N) is 1. The van der Waals surface area contributed by atoms with Crippen LogP contribution in [0.5, 0.6) is 0 Å². The maximum Gasteiger partial charge on any atom is 0.325 e. The molecule has 2 saturated heterocycles. The molecule has 1 aromatic carbocycles. The predicted octanol–water partition coefficient (Wildman–Crippen LogP) is 2.10. The molecule has 0 aromatic heterocycles. The van der Waals surface area contributed by atoms with E-state index in [1.807, 2.05) is 0 Å². The normalized spacial score (nSPS) is 21.2. The Morgan fingerprint density at radius 3 is 2.61 bits per heavy atom. The number of benzene rings is 1. The summed E-state index contributed by atoms with van der Waals surface area (Å²) in [5.74, 6) is -0.824. The number of ether oxygens (including phenoxy) is 1. The van der Waals surface area contributed by atoms with Crippen molar-refractivity contribution in [2.75, 3.05) is 25.1 Å². The fourth-order valence-corrected chi connectivity index (χ4v) is 3.39. The minimum Gasteiger partial charge on any atom is -0.378 e. The molecule has 0 aliphatic carbocycles. The van der Waals surface area contributed by atoms with E-state index < -0.39 is 17.5 Å². The lowest BCUT2D eigenvalue weighted by atomic mass is 9.99. The number of rotatable bonds is 8. The summed E-state index contributed by atoms with van der Waals surface area (Å²) in [5.41, 5.74) is -0.0492. The molecule has 3 rings (SSSR count). The molecule has 1 spiro atoms. The minimum absolute atomic E-state index is 0.0593. The van der Waals surface area contributed by atoms with Gasteiger partial charge >= 0.3 is 6.03 Å². The average Bonchev–Trinajstić information content (AvgIpc) is 3.23. The SMILES string of the molecule is CCCCCC(=O)Nc1ccc(C(=O)CN2C(=O)N[C@@]3(CCOC3)C2=O)cc1. The van der Waals surface area contributed by atoms with Gasteiger partial charge in [-0.15, -0.1) is 0 Å². The van der Waals surface area contributed by atoms with Gasteiger partial charge in [0.05, 0.1) is 13.2 Å². The van der Waals surface area contributed by atoms with Gasteiger partial charge in [0, 0.05) is 30.7 Å². The van der Waals surface area contributed by atoms with Gasteiger partial charge in [-0.25, -0.2) is 4.79 Å². The van der Waals surface area contributed by atoms with E-state index in [2.05, 4.69) is 17.6 Å². The van der Waals surface area contributed by atoms with Gasteiger partial charge in [0.25, 0.3) is 5.91 Å². The number of amides is 4. The highest BCUT2D eigenvalue weighted by Gasteiger charge is 2.53. The fourth-order valence-electron chi connectivity index (χ4n) is 3.39. The highest BCUT2D eigenvalue weighted by atomic mass is 16.5. The first-order valence-electron chi connectivity index (χ1n) is 9.60. The van der Waals surface area contributed by atoms with E-state index in [1.54, 1.807) is 24.3 Å². The van der Waals surface area contributed by atoms with Crippen LogP contribution in [0.3, 0.4) is 0 Å². The number of anilines is 1. The number of carbonyl (C=O) groups excluding carboxylic acids is 4. The molecule has 0 radical (unpaired) electrons. The summed E-state index contributed by atoms with van der Waals surface area (Å²) in [6.45, 7) is 2.29. The third-order valence-corrected chi connectivity index (χ3v) is 5.07. The standard InChI is InChI=1S/C20H25N3O5/c1-2-3-4-5-17(25)21-15-8-6-14(7-9-15)16(24)12-23-18(26)20(22-19(23)27)10-11-28-13-20/h6-9H,2-5,10-13H2,1H3,(H,21,25)(H,22,27)/t20-/m1/s1. The van der Waals surface area contributed by atoms with Crippen LogP contribution in [-0.4, -0.2) is 53.8 Å². The summed E-state index contributed by atoms with van der Waals surface area (Å²) in [6, 6.07) is 5.87. The third kappa shape index (κ3) is 4.22. The first-order chi connectivity index (χ1) is 13.4. The van der Waals surface area contributed by atoms with E-state index in [1.165, 1.54) is 0 Å². The Kier molecular flexibility index (Phi) is 6.08. The Labute approximate surface area is 163 Å². The van der Waals surface area contributed by atoms with E-state index in [-0.39, 0.29) is 24.8 Å². The summed E-state index contributed by atoms with van der Waals surface area (Å²) >= 11 is 0. The van der Waals surface area contributed by atoms with E-state index in [0.717, 1.165) is 24.2 Å². The third-order valence-electron chi connectivity index (χ3n) is 5.07. The zero-order chi connectivity index (χ0) is 20.1. The highest BCUT2D eigenvalue weighted by molar-refractivity contribution is 6.11. The zero-order valence-corrected chi connectivity index (χ0v) is 16.0. The number of hydrogen-bond donors (Lipinski definition) is 2. The molecule has 8 heteroatoms. The van der Waals surface area contributed by atoms with Crippen molar-refractivity contribution in [2.24, 2.45) is 0 Å². The van der Waals surface area contributed by atoms with Crippen LogP contribution in [0.4, 0.5) is 10.5 Å². The second-order valence-electron chi connectivity index (χ2n) is 7.21. The average molecular weight is 387 g/mol. The van der Waals surface area contributed by atoms with Crippen LogP contribution in [0, 0.1) is 0 Å². The Bertz CT molecular complexity index is 769. The first-order valence-corrected chi connectivity index (χ1v) is 9.60. The molecule has 2 fully saturated rings. The molecular formula is C20H25N3O5. The quantitative estimate of drug-likeness (QED) is 0.404. The monoisotopic (exact) mass is 387 g/mol. The lowest BCUT2D eigenvalue weighted by Gasteiger charge is -2.18. The van der Waals surface area contributed by atoms with Crippen LogP contribution in [0.15, 0.2) is 24.3 Å². The number of carbonyl (C=O) groups is 4. The largest absolute Gasteiger partial charge is 0.378 e. The van der Waals surface area contributed by atoms with Crippen molar-refractivity contribution in [2.45, 2.75) is 44.6 Å². The second-order valence-corrected chi connectivity index (χ2v) is 7.21. The summed E-state index contributed by atoms with van der Waals surface area (Å²) < 4.78 is 5.23. The molecule has 28 heavy (non-hydrogen) atoms. The van der Waals surface area contributed by atoms with Gasteiger partial charge in [-0.2, -0.15) is 0 Å². The lowest BCUT2D eigenvalue weighted by Crippen LogP contribution is -2.47. The molecule has 1 aromatic rings. The van der Waals surface area contributed by atoms with E-state index in [0.29, 0.717) is 30.7 Å². The highest BCUT2D eigenvalue weighted by Crippen LogP contribution is 2.27. The first kappa shape index (κ1) is 20.0. The molecule has 4 amide bonds. The molecule has 0 saturated carbocycles. The number of hydrogen-bond acceptors (Lipinski definition) is 5. The van der Waals surface area contributed by atoms with Crippen LogP contribution in [0.1, 0.15) is 49.4 Å². The Morgan fingerprint density at radius 2 is 1.96 bits per heavy atom. The summed E-state index contributed by atoms with van der Waals surface area (Å²) in [4.78, 5) is 50.0. The lowest BCUT2D eigenvalue weighted by molar-refractivity contribution is -0.131. The van der Waals surface area contributed by atoms with Crippen molar-refractivity contribution in [3.05, 3.63) is 29.8 Å².